The van der Waals surface area contributed by atoms with E-state index >= 15 is 0 Å². The molecular weight excluding hydrogens is 554 g/mol. The highest BCUT2D eigenvalue weighted by atomic mass is 16.5. The third-order valence-corrected chi connectivity index (χ3v) is 8.48. The normalized spacial score (nSPS) is 18.2. The molecule has 5 heterocycles. The average molecular weight is 596 g/mol. The molecule has 3 N–H and O–H groups in total. The second-order valence-electron chi connectivity index (χ2n) is 11.6. The zero-order valence-corrected chi connectivity index (χ0v) is 25.7. The summed E-state index contributed by atoms with van der Waals surface area (Å²) in [6.45, 7) is 5.96. The summed E-state index contributed by atoms with van der Waals surface area (Å²) < 4.78 is 9.30. The summed E-state index contributed by atoms with van der Waals surface area (Å²) in [5.41, 5.74) is 3.67. The van der Waals surface area contributed by atoms with Crippen molar-refractivity contribution in [2.45, 2.75) is 57.3 Å². The number of nitrogens with zero attached hydrogens (tertiary/aromatic N) is 6. The minimum atomic E-state index is -0.187. The number of benzene rings is 1. The largest absolute Gasteiger partial charge is 0.381 e. The number of fused-ring (bicyclic) bond motifs is 1. The van der Waals surface area contributed by atoms with Crippen LogP contribution in [0.25, 0.3) is 11.0 Å². The van der Waals surface area contributed by atoms with Crippen LogP contribution in [0.5, 0.6) is 0 Å². The van der Waals surface area contributed by atoms with Gasteiger partial charge in [-0.05, 0) is 82.7 Å². The molecule has 0 aliphatic carbocycles. The van der Waals surface area contributed by atoms with Crippen LogP contribution in [-0.4, -0.2) is 81.7 Å². The summed E-state index contributed by atoms with van der Waals surface area (Å²) >= 11 is 0. The van der Waals surface area contributed by atoms with Gasteiger partial charge in [0.1, 0.15) is 5.65 Å². The average Bonchev–Trinajstić information content (AvgIpc) is 3.69. The molecule has 0 saturated carbocycles. The predicted octanol–water partition coefficient (Wildman–Crippen LogP) is 3.60. The maximum absolute atomic E-state index is 14.0. The Balaban J connectivity index is 1.32. The van der Waals surface area contributed by atoms with Gasteiger partial charge in [-0.1, -0.05) is 18.8 Å². The maximum Gasteiger partial charge on any atom is 0.268 e. The lowest BCUT2D eigenvalue weighted by Crippen LogP contribution is -2.28. The molecule has 6 rings (SSSR count). The van der Waals surface area contributed by atoms with Gasteiger partial charge < -0.3 is 25.6 Å². The number of pyridine rings is 1. The molecule has 3 aromatic heterocycles. The maximum atomic E-state index is 14.0. The summed E-state index contributed by atoms with van der Waals surface area (Å²) in [5.74, 6) is 6.74. The number of rotatable bonds is 9. The van der Waals surface area contributed by atoms with Crippen molar-refractivity contribution in [1.29, 1.82) is 0 Å². The van der Waals surface area contributed by atoms with Gasteiger partial charge in [-0.25, -0.2) is 4.98 Å². The van der Waals surface area contributed by atoms with Crippen molar-refractivity contribution in [2.75, 3.05) is 51.0 Å². The Hall–Kier alpha value is -4.24. The molecule has 2 aliphatic heterocycles. The number of likely N-dealkylation sites (N-methyl/N-ethyl adjacent to an activating group) is 1. The summed E-state index contributed by atoms with van der Waals surface area (Å²) in [4.78, 5) is 25.7. The monoisotopic (exact) mass is 595 g/mol. The van der Waals surface area contributed by atoms with Crippen LogP contribution in [-0.2, 0) is 11.3 Å². The fourth-order valence-electron chi connectivity index (χ4n) is 5.95. The Morgan fingerprint density at radius 3 is 2.64 bits per heavy atom. The van der Waals surface area contributed by atoms with E-state index in [2.05, 4.69) is 68.9 Å². The van der Waals surface area contributed by atoms with Gasteiger partial charge in [0.05, 0.1) is 29.9 Å². The van der Waals surface area contributed by atoms with Crippen molar-refractivity contribution < 1.29 is 4.74 Å². The van der Waals surface area contributed by atoms with Crippen LogP contribution in [0.3, 0.4) is 0 Å². The second kappa shape index (κ2) is 13.6. The van der Waals surface area contributed by atoms with Gasteiger partial charge in [-0.2, -0.15) is 10.1 Å². The number of aromatic nitrogens is 5. The molecule has 2 atom stereocenters. The first-order valence-electron chi connectivity index (χ1n) is 15.5. The van der Waals surface area contributed by atoms with Gasteiger partial charge in [0.15, 0.2) is 0 Å². The van der Waals surface area contributed by atoms with Crippen molar-refractivity contribution >= 4 is 28.4 Å². The number of likely N-dealkylation sites (tertiary alicyclic amines) is 1. The second-order valence-corrected chi connectivity index (χ2v) is 11.6. The molecule has 0 amide bonds. The molecule has 0 spiro atoms. The van der Waals surface area contributed by atoms with Crippen LogP contribution < -0.4 is 21.5 Å². The SMILES string of the molecule is CCC(C#Cc1cc2cnc(Nc3ccc(NC4CCN(C)C4)cc3)nc2n(Cc2ccnn2C2CCOCC2)c1=O)NC. The molecule has 230 valence electrons. The third-order valence-electron chi connectivity index (χ3n) is 8.48. The van der Waals surface area contributed by atoms with E-state index in [4.69, 9.17) is 9.72 Å². The molecule has 0 radical (unpaired) electrons. The van der Waals surface area contributed by atoms with Gasteiger partial charge >= 0.3 is 0 Å². The Morgan fingerprint density at radius 2 is 1.91 bits per heavy atom. The molecule has 1 aromatic carbocycles. The molecule has 11 heteroatoms. The van der Waals surface area contributed by atoms with Gasteiger partial charge in [0, 0.05) is 55.0 Å². The summed E-state index contributed by atoms with van der Waals surface area (Å²) in [7, 11) is 4.03. The lowest BCUT2D eigenvalue weighted by atomic mass is 10.1. The lowest BCUT2D eigenvalue weighted by Gasteiger charge is -2.24. The molecule has 2 saturated heterocycles. The van der Waals surface area contributed by atoms with Crippen molar-refractivity contribution in [3.63, 3.8) is 0 Å². The van der Waals surface area contributed by atoms with E-state index in [1.165, 1.54) is 0 Å². The predicted molar refractivity (Wildman–Crippen MR) is 173 cm³/mol. The van der Waals surface area contributed by atoms with Crippen LogP contribution in [0.4, 0.5) is 17.3 Å². The number of ether oxygens (including phenoxy) is 1. The van der Waals surface area contributed by atoms with Crippen molar-refractivity contribution in [1.82, 2.24) is 34.5 Å². The van der Waals surface area contributed by atoms with Gasteiger partial charge in [-0.15, -0.1) is 0 Å². The summed E-state index contributed by atoms with van der Waals surface area (Å²) in [6.07, 6.45) is 7.31. The number of hydrogen-bond donors (Lipinski definition) is 3. The topological polar surface area (TPSA) is 114 Å². The molecule has 4 aromatic rings. The van der Waals surface area contributed by atoms with E-state index in [0.29, 0.717) is 43.0 Å². The first kappa shape index (κ1) is 29.8. The van der Waals surface area contributed by atoms with Crippen LogP contribution in [0, 0.1) is 11.8 Å². The minimum absolute atomic E-state index is 0.00239. The summed E-state index contributed by atoms with van der Waals surface area (Å²) in [5, 5.41) is 15.5. The Labute approximate surface area is 258 Å². The highest BCUT2D eigenvalue weighted by molar-refractivity contribution is 5.77. The Bertz CT molecular complexity index is 1690. The smallest absolute Gasteiger partial charge is 0.268 e. The van der Waals surface area contributed by atoms with E-state index in [0.717, 1.165) is 61.2 Å². The zero-order chi connectivity index (χ0) is 30.5. The van der Waals surface area contributed by atoms with Gasteiger partial charge in [0.2, 0.25) is 5.95 Å². The first-order chi connectivity index (χ1) is 21.5. The van der Waals surface area contributed by atoms with Gasteiger partial charge in [0.25, 0.3) is 5.56 Å². The van der Waals surface area contributed by atoms with Crippen LogP contribution in [0.1, 0.15) is 49.9 Å². The lowest BCUT2D eigenvalue weighted by molar-refractivity contribution is 0.0653. The number of nitrogens with one attached hydrogen (secondary N) is 3. The van der Waals surface area contributed by atoms with E-state index < -0.39 is 0 Å². The summed E-state index contributed by atoms with van der Waals surface area (Å²) in [6, 6.07) is 12.6. The number of anilines is 3. The molecule has 2 unspecified atom stereocenters. The highest BCUT2D eigenvalue weighted by Crippen LogP contribution is 2.24. The first-order valence-corrected chi connectivity index (χ1v) is 15.5. The molecule has 0 bridgehead atoms. The van der Waals surface area contributed by atoms with Crippen molar-refractivity contribution in [2.24, 2.45) is 0 Å². The highest BCUT2D eigenvalue weighted by Gasteiger charge is 2.21. The van der Waals surface area contributed by atoms with Crippen LogP contribution >= 0.6 is 0 Å². The standard InChI is InChI=1S/C33H41N9O2/c1-4-25(34-2)6-5-23-19-24-20-35-33(38-27-9-7-26(8-10-27)37-28-12-16-40(3)21-28)39-31(24)41(32(23)43)22-30-11-15-36-42(30)29-13-17-44-18-14-29/h7-11,15,19-20,25,28-29,34,37H,4,12-14,16-18,21-22H2,1-3H3,(H,35,38,39). The van der Waals surface area contributed by atoms with E-state index in [-0.39, 0.29) is 17.6 Å². The molecule has 11 nitrogen and oxygen atoms in total. The van der Waals surface area contributed by atoms with Gasteiger partial charge in [-0.3, -0.25) is 14.0 Å². The minimum Gasteiger partial charge on any atom is -0.381 e. The van der Waals surface area contributed by atoms with E-state index in [9.17, 15) is 4.79 Å². The number of hydrogen-bond acceptors (Lipinski definition) is 9. The van der Waals surface area contributed by atoms with Crippen molar-refractivity contribution in [3.8, 4) is 11.8 Å². The molecule has 44 heavy (non-hydrogen) atoms. The van der Waals surface area contributed by atoms with Crippen LogP contribution in [0.2, 0.25) is 0 Å². The molecule has 2 aliphatic rings. The fourth-order valence-corrected chi connectivity index (χ4v) is 5.95. The third kappa shape index (κ3) is 6.78. The molecule has 2 fully saturated rings. The van der Waals surface area contributed by atoms with E-state index in [1.54, 1.807) is 23.0 Å². The zero-order valence-electron chi connectivity index (χ0n) is 25.7. The molecular formula is C33H41N9O2. The van der Waals surface area contributed by atoms with Crippen molar-refractivity contribution in [3.05, 3.63) is 70.4 Å². The van der Waals surface area contributed by atoms with Crippen LogP contribution in [0.15, 0.2) is 53.6 Å². The Kier molecular flexibility index (Phi) is 9.21. The van der Waals surface area contributed by atoms with E-state index in [1.807, 2.05) is 29.9 Å². The fraction of sp³-hybridized carbons (Fsp3) is 0.455. The Morgan fingerprint density at radius 1 is 1.11 bits per heavy atom. The quantitative estimate of drug-likeness (QED) is 0.250.